The minimum Gasteiger partial charge on any atom is -0.335 e. The van der Waals surface area contributed by atoms with E-state index < -0.39 is 0 Å². The second-order valence-corrected chi connectivity index (χ2v) is 7.13. The first kappa shape index (κ1) is 15.4. The fraction of sp³-hybridized carbons (Fsp3) is 0.250. The van der Waals surface area contributed by atoms with Gasteiger partial charge in [0.15, 0.2) is 0 Å². The lowest BCUT2D eigenvalue weighted by molar-refractivity contribution is 0.0633. The standard InChI is InChI=1S/C20H20N2OS/c23-20(19-9-4-14-24-19)22-12-10-21(11-13-22)15-17-7-3-6-16-5-1-2-8-18(16)17/h1-9,14H,10-13,15H2. The zero-order chi connectivity index (χ0) is 16.4. The van der Waals surface area contributed by atoms with Crippen molar-refractivity contribution in [1.29, 1.82) is 0 Å². The molecule has 0 spiro atoms. The van der Waals surface area contributed by atoms with Crippen LogP contribution in [0, 0.1) is 0 Å². The Morgan fingerprint density at radius 1 is 0.917 bits per heavy atom. The van der Waals surface area contributed by atoms with Gasteiger partial charge >= 0.3 is 0 Å². The Balaban J connectivity index is 1.42. The molecule has 1 fully saturated rings. The van der Waals surface area contributed by atoms with Crippen LogP contribution in [0.5, 0.6) is 0 Å². The predicted molar refractivity (Wildman–Crippen MR) is 99.4 cm³/mol. The zero-order valence-corrected chi connectivity index (χ0v) is 14.3. The number of hydrogen-bond acceptors (Lipinski definition) is 3. The summed E-state index contributed by atoms with van der Waals surface area (Å²) in [6.45, 7) is 4.42. The van der Waals surface area contributed by atoms with Crippen LogP contribution in [0.25, 0.3) is 10.8 Å². The van der Waals surface area contributed by atoms with Gasteiger partial charge < -0.3 is 4.90 Å². The molecule has 122 valence electrons. The molecule has 1 amide bonds. The third-order valence-electron chi connectivity index (χ3n) is 4.67. The highest BCUT2D eigenvalue weighted by molar-refractivity contribution is 7.12. The van der Waals surface area contributed by atoms with Gasteiger partial charge in [0.05, 0.1) is 4.88 Å². The molecule has 2 aromatic carbocycles. The molecule has 0 unspecified atom stereocenters. The van der Waals surface area contributed by atoms with E-state index >= 15 is 0 Å². The second kappa shape index (κ2) is 6.75. The molecular weight excluding hydrogens is 316 g/mol. The lowest BCUT2D eigenvalue weighted by Crippen LogP contribution is -2.48. The first-order chi connectivity index (χ1) is 11.8. The van der Waals surface area contributed by atoms with Crippen LogP contribution < -0.4 is 0 Å². The van der Waals surface area contributed by atoms with Gasteiger partial charge in [-0.05, 0) is 27.8 Å². The maximum Gasteiger partial charge on any atom is 0.264 e. The van der Waals surface area contributed by atoms with Crippen molar-refractivity contribution in [2.24, 2.45) is 0 Å². The van der Waals surface area contributed by atoms with Crippen molar-refractivity contribution in [2.75, 3.05) is 26.2 Å². The van der Waals surface area contributed by atoms with Gasteiger partial charge in [0.1, 0.15) is 0 Å². The van der Waals surface area contributed by atoms with Crippen LogP contribution in [0.3, 0.4) is 0 Å². The Kier molecular flexibility index (Phi) is 4.32. The van der Waals surface area contributed by atoms with E-state index in [4.69, 9.17) is 0 Å². The SMILES string of the molecule is O=C(c1cccs1)N1CCN(Cc2cccc3ccccc23)CC1. The van der Waals surface area contributed by atoms with Gasteiger partial charge in [-0.15, -0.1) is 11.3 Å². The molecule has 4 rings (SSSR count). The fourth-order valence-electron chi connectivity index (χ4n) is 3.34. The van der Waals surface area contributed by atoms with Gasteiger partial charge in [0.2, 0.25) is 0 Å². The number of carbonyl (C=O) groups is 1. The van der Waals surface area contributed by atoms with Crippen molar-refractivity contribution in [2.45, 2.75) is 6.54 Å². The number of carbonyl (C=O) groups excluding carboxylic acids is 1. The van der Waals surface area contributed by atoms with Gasteiger partial charge in [0, 0.05) is 32.7 Å². The van der Waals surface area contributed by atoms with Crippen LogP contribution in [0.1, 0.15) is 15.2 Å². The summed E-state index contributed by atoms with van der Waals surface area (Å²) in [6.07, 6.45) is 0. The maximum absolute atomic E-state index is 12.4. The molecule has 1 aliphatic heterocycles. The summed E-state index contributed by atoms with van der Waals surface area (Å²) in [6, 6.07) is 18.9. The van der Waals surface area contributed by atoms with Gasteiger partial charge in [-0.3, -0.25) is 9.69 Å². The molecule has 4 heteroatoms. The number of benzene rings is 2. The largest absolute Gasteiger partial charge is 0.335 e. The predicted octanol–water partition coefficient (Wildman–Crippen LogP) is 3.86. The highest BCUT2D eigenvalue weighted by Crippen LogP contribution is 2.21. The van der Waals surface area contributed by atoms with Crippen molar-refractivity contribution >= 4 is 28.0 Å². The third-order valence-corrected chi connectivity index (χ3v) is 5.52. The summed E-state index contributed by atoms with van der Waals surface area (Å²) in [5.41, 5.74) is 1.37. The van der Waals surface area contributed by atoms with Gasteiger partial charge in [-0.25, -0.2) is 0 Å². The molecular formula is C20H20N2OS. The average molecular weight is 336 g/mol. The van der Waals surface area contributed by atoms with E-state index in [1.807, 2.05) is 22.4 Å². The first-order valence-corrected chi connectivity index (χ1v) is 9.21. The van der Waals surface area contributed by atoms with E-state index in [1.165, 1.54) is 27.7 Å². The maximum atomic E-state index is 12.4. The summed E-state index contributed by atoms with van der Waals surface area (Å²) >= 11 is 1.52. The summed E-state index contributed by atoms with van der Waals surface area (Å²) in [4.78, 5) is 17.7. The number of hydrogen-bond donors (Lipinski definition) is 0. The zero-order valence-electron chi connectivity index (χ0n) is 13.5. The fourth-order valence-corrected chi connectivity index (χ4v) is 4.03. The molecule has 24 heavy (non-hydrogen) atoms. The summed E-state index contributed by atoms with van der Waals surface area (Å²) in [5, 5.41) is 4.59. The Morgan fingerprint density at radius 3 is 2.50 bits per heavy atom. The number of thiophene rings is 1. The van der Waals surface area contributed by atoms with Crippen LogP contribution in [-0.4, -0.2) is 41.9 Å². The molecule has 0 aliphatic carbocycles. The minimum absolute atomic E-state index is 0.176. The van der Waals surface area contributed by atoms with E-state index in [2.05, 4.69) is 47.4 Å². The normalized spacial score (nSPS) is 15.8. The van der Waals surface area contributed by atoms with Crippen LogP contribution in [0.2, 0.25) is 0 Å². The number of rotatable bonds is 3. The molecule has 0 N–H and O–H groups in total. The molecule has 2 heterocycles. The monoisotopic (exact) mass is 336 g/mol. The van der Waals surface area contributed by atoms with Crippen LogP contribution in [0.15, 0.2) is 60.0 Å². The molecule has 1 saturated heterocycles. The number of fused-ring (bicyclic) bond motifs is 1. The van der Waals surface area contributed by atoms with Gasteiger partial charge in [-0.2, -0.15) is 0 Å². The molecule has 0 bridgehead atoms. The molecule has 0 radical (unpaired) electrons. The van der Waals surface area contributed by atoms with Crippen molar-refractivity contribution in [3.05, 3.63) is 70.4 Å². The molecule has 0 atom stereocenters. The Hall–Kier alpha value is -2.17. The Labute approximate surface area is 146 Å². The smallest absolute Gasteiger partial charge is 0.264 e. The van der Waals surface area contributed by atoms with E-state index in [0.717, 1.165) is 37.6 Å². The first-order valence-electron chi connectivity index (χ1n) is 8.33. The van der Waals surface area contributed by atoms with Gasteiger partial charge in [-0.1, -0.05) is 48.5 Å². The minimum atomic E-state index is 0.176. The van der Waals surface area contributed by atoms with Crippen molar-refractivity contribution in [3.8, 4) is 0 Å². The highest BCUT2D eigenvalue weighted by Gasteiger charge is 2.22. The van der Waals surface area contributed by atoms with Crippen LogP contribution >= 0.6 is 11.3 Å². The number of piperazine rings is 1. The number of nitrogens with zero attached hydrogens (tertiary/aromatic N) is 2. The highest BCUT2D eigenvalue weighted by atomic mass is 32.1. The quantitative estimate of drug-likeness (QED) is 0.725. The van der Waals surface area contributed by atoms with E-state index in [1.54, 1.807) is 0 Å². The van der Waals surface area contributed by atoms with Crippen molar-refractivity contribution in [1.82, 2.24) is 9.80 Å². The summed E-state index contributed by atoms with van der Waals surface area (Å²) in [5.74, 6) is 0.176. The summed E-state index contributed by atoms with van der Waals surface area (Å²) in [7, 11) is 0. The molecule has 1 aliphatic rings. The number of amides is 1. The van der Waals surface area contributed by atoms with Gasteiger partial charge in [0.25, 0.3) is 5.91 Å². The van der Waals surface area contributed by atoms with Crippen LogP contribution in [0.4, 0.5) is 0 Å². The van der Waals surface area contributed by atoms with Crippen LogP contribution in [-0.2, 0) is 6.54 Å². The molecule has 3 nitrogen and oxygen atoms in total. The average Bonchev–Trinajstić information content (AvgIpc) is 3.17. The lowest BCUT2D eigenvalue weighted by atomic mass is 10.0. The van der Waals surface area contributed by atoms with Crippen molar-refractivity contribution in [3.63, 3.8) is 0 Å². The van der Waals surface area contributed by atoms with Crippen molar-refractivity contribution < 1.29 is 4.79 Å². The van der Waals surface area contributed by atoms with E-state index in [-0.39, 0.29) is 5.91 Å². The topological polar surface area (TPSA) is 23.6 Å². The van der Waals surface area contributed by atoms with E-state index in [9.17, 15) is 4.79 Å². The molecule has 1 aromatic heterocycles. The molecule has 0 saturated carbocycles. The summed E-state index contributed by atoms with van der Waals surface area (Å²) < 4.78 is 0. The Morgan fingerprint density at radius 2 is 1.71 bits per heavy atom. The second-order valence-electron chi connectivity index (χ2n) is 6.18. The van der Waals surface area contributed by atoms with E-state index in [0.29, 0.717) is 0 Å². The third kappa shape index (κ3) is 3.07. The Bertz CT molecular complexity index is 830. The molecule has 3 aromatic rings. The lowest BCUT2D eigenvalue weighted by Gasteiger charge is -2.34.